The van der Waals surface area contributed by atoms with Crippen molar-refractivity contribution in [2.45, 2.75) is 12.8 Å². The Morgan fingerprint density at radius 3 is 2.39 bits per heavy atom. The molecule has 0 fully saturated rings. The smallest absolute Gasteiger partial charge is 0.307 e. The first-order valence-corrected chi connectivity index (χ1v) is 10.4. The molecule has 31 heavy (non-hydrogen) atoms. The monoisotopic (exact) mass is 405 g/mol. The Bertz CT molecular complexity index is 1510. The molecule has 1 N–H and O–H groups in total. The highest BCUT2D eigenvalue weighted by Crippen LogP contribution is 2.44. The second kappa shape index (κ2) is 6.81. The van der Waals surface area contributed by atoms with Gasteiger partial charge in [0.1, 0.15) is 5.75 Å². The van der Waals surface area contributed by atoms with Gasteiger partial charge in [0, 0.05) is 23.6 Å². The quantitative estimate of drug-likeness (QED) is 0.387. The summed E-state index contributed by atoms with van der Waals surface area (Å²) in [7, 11) is 0. The van der Waals surface area contributed by atoms with E-state index in [0.717, 1.165) is 61.3 Å². The number of rotatable bonds is 3. The second-order valence-electron chi connectivity index (χ2n) is 7.92. The lowest BCUT2D eigenvalue weighted by Gasteiger charge is -2.22. The summed E-state index contributed by atoms with van der Waals surface area (Å²) in [6.07, 6.45) is 2.63. The topological polar surface area (TPSA) is 59.4 Å². The van der Waals surface area contributed by atoms with Crippen LogP contribution in [0.25, 0.3) is 43.6 Å². The van der Waals surface area contributed by atoms with Gasteiger partial charge in [-0.3, -0.25) is 9.78 Å². The van der Waals surface area contributed by atoms with Crippen LogP contribution in [-0.2, 0) is 17.6 Å². The fourth-order valence-corrected chi connectivity index (χ4v) is 4.96. The highest BCUT2D eigenvalue weighted by molar-refractivity contribution is 6.18. The predicted octanol–water partition coefficient (Wildman–Crippen LogP) is 5.77. The van der Waals surface area contributed by atoms with Gasteiger partial charge in [-0.05, 0) is 56.4 Å². The maximum atomic E-state index is 11.9. The van der Waals surface area contributed by atoms with E-state index in [0.29, 0.717) is 6.61 Å². The number of nitrogens with zero attached hydrogens (tertiary/aromatic N) is 1. The minimum atomic E-state index is -0.847. The number of carboxylic acid groups (broad SMARTS) is 1. The number of ether oxygens (including phenoxy) is 1. The van der Waals surface area contributed by atoms with E-state index < -0.39 is 5.97 Å². The first-order chi connectivity index (χ1) is 15.2. The third kappa shape index (κ3) is 2.68. The fraction of sp³-hybridized carbons (Fsp3) is 0.111. The van der Waals surface area contributed by atoms with Gasteiger partial charge in [0.2, 0.25) is 0 Å². The van der Waals surface area contributed by atoms with Crippen LogP contribution in [-0.4, -0.2) is 22.7 Å². The van der Waals surface area contributed by atoms with Gasteiger partial charge in [0.05, 0.1) is 18.5 Å². The normalized spacial score (nSPS) is 12.9. The maximum Gasteiger partial charge on any atom is 0.307 e. The van der Waals surface area contributed by atoms with Gasteiger partial charge in [-0.1, -0.05) is 48.5 Å². The SMILES string of the molecule is O=C(O)Cc1c(-c2ccc3c4c(ccnc24)CCO3)c2ccccc2c2ccccc12. The van der Waals surface area contributed by atoms with E-state index in [4.69, 9.17) is 9.72 Å². The number of benzene rings is 4. The Labute approximate surface area is 178 Å². The van der Waals surface area contributed by atoms with Crippen LogP contribution in [0.4, 0.5) is 0 Å². The third-order valence-electron chi connectivity index (χ3n) is 6.21. The number of aliphatic carboxylic acids is 1. The summed E-state index contributed by atoms with van der Waals surface area (Å²) >= 11 is 0. The van der Waals surface area contributed by atoms with Crippen molar-refractivity contribution in [3.05, 3.63) is 84.1 Å². The van der Waals surface area contributed by atoms with E-state index >= 15 is 0 Å². The maximum absolute atomic E-state index is 11.9. The zero-order valence-corrected chi connectivity index (χ0v) is 16.8. The molecule has 0 saturated carbocycles. The Balaban J connectivity index is 1.82. The first-order valence-electron chi connectivity index (χ1n) is 10.4. The van der Waals surface area contributed by atoms with Gasteiger partial charge in [0.15, 0.2) is 0 Å². The van der Waals surface area contributed by atoms with Crippen LogP contribution in [0.5, 0.6) is 5.75 Å². The first kappa shape index (κ1) is 17.9. The van der Waals surface area contributed by atoms with Gasteiger partial charge in [-0.25, -0.2) is 0 Å². The van der Waals surface area contributed by atoms with Crippen LogP contribution in [0.3, 0.4) is 0 Å². The lowest BCUT2D eigenvalue weighted by atomic mass is 9.85. The summed E-state index contributed by atoms with van der Waals surface area (Å²) in [5.74, 6) is -0.00122. The molecule has 4 heteroatoms. The van der Waals surface area contributed by atoms with E-state index in [1.807, 2.05) is 48.7 Å². The van der Waals surface area contributed by atoms with Crippen molar-refractivity contribution >= 4 is 38.4 Å². The number of carbonyl (C=O) groups is 1. The van der Waals surface area contributed by atoms with E-state index in [1.165, 1.54) is 5.56 Å². The summed E-state index contributed by atoms with van der Waals surface area (Å²) in [5.41, 5.74) is 4.79. The number of carboxylic acids is 1. The number of aromatic nitrogens is 1. The summed E-state index contributed by atoms with van der Waals surface area (Å²) < 4.78 is 5.90. The van der Waals surface area contributed by atoms with Crippen molar-refractivity contribution in [2.75, 3.05) is 6.61 Å². The molecule has 0 atom stereocenters. The molecule has 0 radical (unpaired) electrons. The fourth-order valence-electron chi connectivity index (χ4n) is 4.96. The van der Waals surface area contributed by atoms with Crippen molar-refractivity contribution < 1.29 is 14.6 Å². The second-order valence-corrected chi connectivity index (χ2v) is 7.92. The molecule has 0 aliphatic carbocycles. The van der Waals surface area contributed by atoms with Crippen LogP contribution in [0.1, 0.15) is 11.1 Å². The number of pyridine rings is 1. The highest BCUT2D eigenvalue weighted by atomic mass is 16.5. The average molecular weight is 405 g/mol. The van der Waals surface area contributed by atoms with E-state index in [2.05, 4.69) is 24.3 Å². The minimum Gasteiger partial charge on any atom is -0.493 e. The molecule has 4 aromatic carbocycles. The number of hydrogen-bond acceptors (Lipinski definition) is 3. The summed E-state index contributed by atoms with van der Waals surface area (Å²) in [5, 5.41) is 15.0. The van der Waals surface area contributed by atoms with E-state index in [9.17, 15) is 9.90 Å². The zero-order valence-electron chi connectivity index (χ0n) is 16.8. The third-order valence-corrected chi connectivity index (χ3v) is 6.21. The molecule has 0 unspecified atom stereocenters. The molecular formula is C27H19NO3. The molecule has 150 valence electrons. The van der Waals surface area contributed by atoms with Crippen LogP contribution in [0.2, 0.25) is 0 Å². The summed E-state index contributed by atoms with van der Waals surface area (Å²) in [4.78, 5) is 16.7. The molecule has 0 spiro atoms. The van der Waals surface area contributed by atoms with Crippen LogP contribution in [0, 0.1) is 0 Å². The minimum absolute atomic E-state index is 0.0554. The van der Waals surface area contributed by atoms with Crippen molar-refractivity contribution in [2.24, 2.45) is 0 Å². The molecule has 2 heterocycles. The molecule has 0 amide bonds. The zero-order chi connectivity index (χ0) is 20.9. The van der Waals surface area contributed by atoms with Crippen LogP contribution < -0.4 is 4.74 Å². The van der Waals surface area contributed by atoms with Gasteiger partial charge in [-0.2, -0.15) is 0 Å². The molecule has 0 saturated heterocycles. The molecule has 1 aromatic heterocycles. The van der Waals surface area contributed by atoms with Crippen molar-refractivity contribution in [3.63, 3.8) is 0 Å². The van der Waals surface area contributed by atoms with E-state index in [1.54, 1.807) is 0 Å². The van der Waals surface area contributed by atoms with Gasteiger partial charge in [0.25, 0.3) is 0 Å². The lowest BCUT2D eigenvalue weighted by Crippen LogP contribution is -2.09. The van der Waals surface area contributed by atoms with Crippen molar-refractivity contribution in [3.8, 4) is 16.9 Å². The Kier molecular flexibility index (Phi) is 3.93. The molecule has 5 aromatic rings. The highest BCUT2D eigenvalue weighted by Gasteiger charge is 2.22. The molecule has 1 aliphatic rings. The molecular weight excluding hydrogens is 386 g/mol. The Morgan fingerprint density at radius 2 is 1.61 bits per heavy atom. The lowest BCUT2D eigenvalue weighted by molar-refractivity contribution is -0.136. The average Bonchev–Trinajstić information content (AvgIpc) is 2.80. The van der Waals surface area contributed by atoms with Crippen LogP contribution in [0.15, 0.2) is 72.9 Å². The molecule has 0 bridgehead atoms. The number of fused-ring (bicyclic) bond motifs is 3. The molecule has 1 aliphatic heterocycles. The van der Waals surface area contributed by atoms with Crippen LogP contribution >= 0.6 is 0 Å². The number of hydrogen-bond donors (Lipinski definition) is 1. The standard InChI is InChI=1S/C27H19NO3/c29-24(30)15-22-19-7-2-1-5-17(19)18-6-3-4-8-20(18)26(22)21-9-10-23-25-16(12-14-31-23)11-13-28-27(21)25/h1-11,13H,12,14-15H2,(H,29,30). The summed E-state index contributed by atoms with van der Waals surface area (Å²) in [6.45, 7) is 0.661. The Hall–Kier alpha value is -3.92. The molecule has 4 nitrogen and oxygen atoms in total. The predicted molar refractivity (Wildman–Crippen MR) is 123 cm³/mol. The van der Waals surface area contributed by atoms with Gasteiger partial charge in [-0.15, -0.1) is 0 Å². The largest absolute Gasteiger partial charge is 0.493 e. The Morgan fingerprint density at radius 1 is 0.903 bits per heavy atom. The van der Waals surface area contributed by atoms with Crippen molar-refractivity contribution in [1.29, 1.82) is 0 Å². The van der Waals surface area contributed by atoms with Gasteiger partial charge < -0.3 is 9.84 Å². The summed E-state index contributed by atoms with van der Waals surface area (Å²) in [6, 6.07) is 22.3. The van der Waals surface area contributed by atoms with E-state index in [-0.39, 0.29) is 6.42 Å². The molecule has 6 rings (SSSR count). The van der Waals surface area contributed by atoms with Gasteiger partial charge >= 0.3 is 5.97 Å². The van der Waals surface area contributed by atoms with Crippen molar-refractivity contribution in [1.82, 2.24) is 4.98 Å².